The van der Waals surface area contributed by atoms with E-state index in [0.29, 0.717) is 28.4 Å². The van der Waals surface area contributed by atoms with Gasteiger partial charge in [-0.05, 0) is 45.4 Å². The van der Waals surface area contributed by atoms with E-state index in [1.54, 1.807) is 29.2 Å². The molecule has 1 aliphatic rings. The fourth-order valence-corrected chi connectivity index (χ4v) is 4.57. The van der Waals surface area contributed by atoms with Crippen LogP contribution >= 0.6 is 0 Å². The maximum atomic E-state index is 15.0. The zero-order chi connectivity index (χ0) is 22.5. The van der Waals surface area contributed by atoms with Gasteiger partial charge < -0.3 is 15.2 Å². The van der Waals surface area contributed by atoms with Crippen LogP contribution in [0, 0.1) is 11.7 Å². The average Bonchev–Trinajstić information content (AvgIpc) is 3.35. The van der Waals surface area contributed by atoms with Gasteiger partial charge in [-0.2, -0.15) is 4.98 Å². The molecule has 0 spiro atoms. The molecule has 0 aliphatic heterocycles. The second kappa shape index (κ2) is 7.70. The Morgan fingerprint density at radius 3 is 2.69 bits per heavy atom. The molecule has 168 valence electrons. The number of hydrogen-bond donors (Lipinski definition) is 2. The molecule has 9 nitrogen and oxygen atoms in total. The number of aromatic nitrogens is 6. The zero-order valence-electron chi connectivity index (χ0n) is 18.3. The van der Waals surface area contributed by atoms with Crippen molar-refractivity contribution in [1.29, 1.82) is 0 Å². The standard InChI is InChI=1S/C22H26FN7O2/c1-22(2,31)14-4-6-15(7-5-14)26-20-27-19(32-3)18-17(16(23)12-30(18)28-20)13-10-25-21-24-8-9-29(21)11-13/h8-12,14-15,31H,4-7H2,1-3H3,(H,26,28). The van der Waals surface area contributed by atoms with Gasteiger partial charge in [0.15, 0.2) is 5.82 Å². The Bertz CT molecular complexity index is 1270. The minimum atomic E-state index is -0.669. The molecule has 32 heavy (non-hydrogen) atoms. The van der Waals surface area contributed by atoms with Crippen LogP contribution in [0.5, 0.6) is 5.88 Å². The van der Waals surface area contributed by atoms with Gasteiger partial charge in [-0.3, -0.25) is 4.40 Å². The summed E-state index contributed by atoms with van der Waals surface area (Å²) in [5.74, 6) is 1.03. The largest absolute Gasteiger partial charge is 0.479 e. The lowest BCUT2D eigenvalue weighted by molar-refractivity contribution is -0.000418. The molecular formula is C22H26FN7O2. The molecule has 0 radical (unpaired) electrons. The van der Waals surface area contributed by atoms with Crippen molar-refractivity contribution >= 4 is 17.2 Å². The Labute approximate surface area is 184 Å². The first-order valence-corrected chi connectivity index (χ1v) is 10.7. The lowest BCUT2D eigenvalue weighted by Crippen LogP contribution is -2.37. The van der Waals surface area contributed by atoms with Crippen molar-refractivity contribution in [3.63, 3.8) is 0 Å². The van der Waals surface area contributed by atoms with Crippen molar-refractivity contribution in [2.45, 2.75) is 51.2 Å². The highest BCUT2D eigenvalue weighted by atomic mass is 19.1. The van der Waals surface area contributed by atoms with Gasteiger partial charge >= 0.3 is 0 Å². The van der Waals surface area contributed by atoms with E-state index in [9.17, 15) is 5.11 Å². The number of anilines is 1. The van der Waals surface area contributed by atoms with Crippen LogP contribution in [0.3, 0.4) is 0 Å². The number of halogens is 1. The number of nitrogens with one attached hydrogen (secondary N) is 1. The average molecular weight is 439 g/mol. The first-order valence-electron chi connectivity index (χ1n) is 10.7. The molecule has 0 saturated heterocycles. The second-order valence-corrected chi connectivity index (χ2v) is 8.91. The highest BCUT2D eigenvalue weighted by molar-refractivity contribution is 5.84. The van der Waals surface area contributed by atoms with Gasteiger partial charge in [0.2, 0.25) is 17.6 Å². The van der Waals surface area contributed by atoms with Crippen LogP contribution < -0.4 is 10.1 Å². The number of methoxy groups -OCH3 is 1. The third-order valence-corrected chi connectivity index (χ3v) is 6.34. The number of rotatable bonds is 5. The van der Waals surface area contributed by atoms with Gasteiger partial charge in [0.1, 0.15) is 5.52 Å². The Kier molecular flexibility index (Phi) is 4.96. The number of ether oxygens (including phenoxy) is 1. The minimum Gasteiger partial charge on any atom is -0.479 e. The molecule has 0 unspecified atom stereocenters. The summed E-state index contributed by atoms with van der Waals surface area (Å²) in [4.78, 5) is 12.9. The van der Waals surface area contributed by atoms with Crippen LogP contribution in [0.25, 0.3) is 22.4 Å². The van der Waals surface area contributed by atoms with Crippen LogP contribution in [0.15, 0.2) is 31.0 Å². The Morgan fingerprint density at radius 1 is 1.19 bits per heavy atom. The second-order valence-electron chi connectivity index (χ2n) is 8.91. The fourth-order valence-electron chi connectivity index (χ4n) is 4.57. The molecule has 0 atom stereocenters. The van der Waals surface area contributed by atoms with E-state index in [2.05, 4.69) is 25.4 Å². The Hall–Kier alpha value is -3.27. The third kappa shape index (κ3) is 3.64. The van der Waals surface area contributed by atoms with Crippen LogP contribution in [0.4, 0.5) is 10.3 Å². The molecule has 2 N–H and O–H groups in total. The van der Waals surface area contributed by atoms with Gasteiger partial charge in [0.25, 0.3) is 0 Å². The molecular weight excluding hydrogens is 413 g/mol. The third-order valence-electron chi connectivity index (χ3n) is 6.34. The van der Waals surface area contributed by atoms with E-state index in [1.807, 2.05) is 13.8 Å². The lowest BCUT2D eigenvalue weighted by atomic mass is 9.77. The van der Waals surface area contributed by atoms with E-state index in [-0.39, 0.29) is 17.8 Å². The van der Waals surface area contributed by atoms with Crippen molar-refractivity contribution in [2.24, 2.45) is 5.92 Å². The molecule has 10 heteroatoms. The molecule has 1 fully saturated rings. The normalized spacial score (nSPS) is 19.5. The van der Waals surface area contributed by atoms with E-state index in [1.165, 1.54) is 17.8 Å². The fraction of sp³-hybridized carbons (Fsp3) is 0.455. The van der Waals surface area contributed by atoms with Gasteiger partial charge in [0, 0.05) is 36.4 Å². The maximum Gasteiger partial charge on any atom is 0.244 e. The van der Waals surface area contributed by atoms with Crippen molar-refractivity contribution in [3.05, 3.63) is 36.8 Å². The summed E-state index contributed by atoms with van der Waals surface area (Å²) < 4.78 is 23.7. The molecule has 5 rings (SSSR count). The van der Waals surface area contributed by atoms with Crippen LogP contribution in [0.2, 0.25) is 0 Å². The Morgan fingerprint density at radius 2 is 1.97 bits per heavy atom. The maximum absolute atomic E-state index is 15.0. The van der Waals surface area contributed by atoms with Gasteiger partial charge in [0.05, 0.1) is 24.5 Å². The first kappa shape index (κ1) is 20.6. The van der Waals surface area contributed by atoms with Crippen LogP contribution in [0.1, 0.15) is 39.5 Å². The monoisotopic (exact) mass is 439 g/mol. The molecule has 4 aromatic rings. The summed E-state index contributed by atoms with van der Waals surface area (Å²) >= 11 is 0. The smallest absolute Gasteiger partial charge is 0.244 e. The topological polar surface area (TPSA) is 102 Å². The summed E-state index contributed by atoms with van der Waals surface area (Å²) in [6.07, 6.45) is 11.7. The number of nitrogens with zero attached hydrogens (tertiary/aromatic N) is 6. The van der Waals surface area contributed by atoms with Gasteiger partial charge in [-0.25, -0.2) is 18.9 Å². The zero-order valence-corrected chi connectivity index (χ0v) is 18.3. The van der Waals surface area contributed by atoms with Crippen LogP contribution in [-0.4, -0.2) is 52.8 Å². The molecule has 0 amide bonds. The molecule has 0 bridgehead atoms. The van der Waals surface area contributed by atoms with E-state index in [4.69, 9.17) is 4.74 Å². The number of hydrogen-bond acceptors (Lipinski definition) is 7. The summed E-state index contributed by atoms with van der Waals surface area (Å²) in [7, 11) is 1.51. The highest BCUT2D eigenvalue weighted by Crippen LogP contribution is 2.35. The minimum absolute atomic E-state index is 0.184. The van der Waals surface area contributed by atoms with Crippen molar-refractivity contribution in [2.75, 3.05) is 12.4 Å². The summed E-state index contributed by atoms with van der Waals surface area (Å²) in [6, 6.07) is 0.184. The Balaban J connectivity index is 1.46. The van der Waals surface area contributed by atoms with Crippen LogP contribution in [-0.2, 0) is 0 Å². The molecule has 0 aromatic carbocycles. The molecule has 4 heterocycles. The van der Waals surface area contributed by atoms with Crippen molar-refractivity contribution in [1.82, 2.24) is 29.0 Å². The summed E-state index contributed by atoms with van der Waals surface area (Å²) in [5, 5.41) is 18.1. The van der Waals surface area contributed by atoms with E-state index >= 15 is 4.39 Å². The molecule has 4 aromatic heterocycles. The predicted octanol–water partition coefficient (Wildman–Crippen LogP) is 3.33. The van der Waals surface area contributed by atoms with Gasteiger partial charge in [-0.15, -0.1) is 5.10 Å². The SMILES string of the molecule is COc1nc(NC2CCC(C(C)(C)O)CC2)nn2cc(F)c(-c3cnc4nccn4c3)c12. The number of fused-ring (bicyclic) bond motifs is 2. The lowest BCUT2D eigenvalue weighted by Gasteiger charge is -2.36. The summed E-state index contributed by atoms with van der Waals surface area (Å²) in [6.45, 7) is 3.73. The quantitative estimate of drug-likeness (QED) is 0.492. The number of imidazole rings is 1. The highest BCUT2D eigenvalue weighted by Gasteiger charge is 2.31. The number of aliphatic hydroxyl groups is 1. The van der Waals surface area contributed by atoms with E-state index in [0.717, 1.165) is 25.7 Å². The van der Waals surface area contributed by atoms with Crippen molar-refractivity contribution in [3.8, 4) is 17.0 Å². The van der Waals surface area contributed by atoms with Gasteiger partial charge in [-0.1, -0.05) is 0 Å². The molecule has 1 aliphatic carbocycles. The molecule has 1 saturated carbocycles. The summed E-state index contributed by atoms with van der Waals surface area (Å²) in [5.41, 5.74) is 0.657. The first-order chi connectivity index (χ1) is 15.3. The van der Waals surface area contributed by atoms with Crippen molar-refractivity contribution < 1.29 is 14.2 Å². The predicted molar refractivity (Wildman–Crippen MR) is 117 cm³/mol. The van der Waals surface area contributed by atoms with E-state index < -0.39 is 11.4 Å².